The molecule has 0 radical (unpaired) electrons. The van der Waals surface area contributed by atoms with Crippen molar-refractivity contribution in [3.05, 3.63) is 0 Å². The minimum Gasteiger partial charge on any atom is -0.393 e. The second-order valence-electron chi connectivity index (χ2n) is 5.29. The first kappa shape index (κ1) is 14.3. The fourth-order valence-corrected chi connectivity index (χ4v) is 2.22. The van der Waals surface area contributed by atoms with Crippen LogP contribution >= 0.6 is 0 Å². The van der Waals surface area contributed by atoms with Crippen LogP contribution in [0.5, 0.6) is 0 Å². The molecule has 2 amide bonds. The van der Waals surface area contributed by atoms with Crippen LogP contribution in [0.1, 0.15) is 32.1 Å². The van der Waals surface area contributed by atoms with Crippen LogP contribution in [-0.2, 0) is 14.3 Å². The second-order valence-corrected chi connectivity index (χ2v) is 5.29. The monoisotopic (exact) mass is 270 g/mol. The Labute approximate surface area is 112 Å². The fourth-order valence-electron chi connectivity index (χ4n) is 2.22. The molecule has 0 aromatic carbocycles. The maximum absolute atomic E-state index is 11.5. The van der Waals surface area contributed by atoms with Crippen LogP contribution in [0.2, 0.25) is 0 Å². The number of ether oxygens (including phenoxy) is 1. The Hall–Kier alpha value is -1.14. The lowest BCUT2D eigenvalue weighted by Gasteiger charge is -2.12. The van der Waals surface area contributed by atoms with E-state index in [2.05, 4.69) is 10.6 Å². The molecule has 108 valence electrons. The summed E-state index contributed by atoms with van der Waals surface area (Å²) in [5.41, 5.74) is 0. The van der Waals surface area contributed by atoms with Crippen LogP contribution in [0.3, 0.4) is 0 Å². The van der Waals surface area contributed by atoms with E-state index in [4.69, 9.17) is 4.74 Å². The minimum atomic E-state index is -0.638. The summed E-state index contributed by atoms with van der Waals surface area (Å²) in [5.74, 6) is -0.873. The third-order valence-corrected chi connectivity index (χ3v) is 3.61. The third-order valence-electron chi connectivity index (χ3n) is 3.61. The number of hydrogen-bond acceptors (Lipinski definition) is 4. The quantitative estimate of drug-likeness (QED) is 0.571. The Kier molecular flexibility index (Phi) is 5.15. The van der Waals surface area contributed by atoms with Crippen LogP contribution in [0.25, 0.3) is 0 Å². The predicted molar refractivity (Wildman–Crippen MR) is 68.3 cm³/mol. The lowest BCUT2D eigenvalue weighted by atomic mass is 10.1. The van der Waals surface area contributed by atoms with E-state index in [0.717, 1.165) is 32.3 Å². The molecule has 6 nitrogen and oxygen atoms in total. The van der Waals surface area contributed by atoms with Crippen molar-refractivity contribution >= 4 is 11.8 Å². The highest BCUT2D eigenvalue weighted by Crippen LogP contribution is 2.33. The van der Waals surface area contributed by atoms with E-state index in [1.165, 1.54) is 0 Å². The average molecular weight is 270 g/mol. The standard InChI is InChI=1S/C13H22N2O4/c16-11(9-3-4-9)5-6-14-12(17)13(18)15-8-10-2-1-7-19-10/h9-11,16H,1-8H2,(H,14,17)(H,15,18). The predicted octanol–water partition coefficient (Wildman–Crippen LogP) is -0.441. The molecule has 2 fully saturated rings. The van der Waals surface area contributed by atoms with Gasteiger partial charge in [0.2, 0.25) is 0 Å². The summed E-state index contributed by atoms with van der Waals surface area (Å²) in [7, 11) is 0. The Balaban J connectivity index is 1.54. The first-order chi connectivity index (χ1) is 9.16. The van der Waals surface area contributed by atoms with Crippen molar-refractivity contribution in [3.63, 3.8) is 0 Å². The summed E-state index contributed by atoms with van der Waals surface area (Å²) < 4.78 is 5.35. The molecule has 0 bridgehead atoms. The summed E-state index contributed by atoms with van der Waals surface area (Å²) in [6.07, 6.45) is 4.26. The third kappa shape index (κ3) is 4.80. The molecule has 0 spiro atoms. The Bertz CT molecular complexity index is 325. The van der Waals surface area contributed by atoms with Crippen LogP contribution in [0.4, 0.5) is 0 Å². The molecule has 1 heterocycles. The first-order valence-corrected chi connectivity index (χ1v) is 7.02. The van der Waals surface area contributed by atoms with Gasteiger partial charge in [-0.1, -0.05) is 0 Å². The van der Waals surface area contributed by atoms with Gasteiger partial charge in [-0.15, -0.1) is 0 Å². The van der Waals surface area contributed by atoms with Gasteiger partial charge in [-0.05, 0) is 38.0 Å². The van der Waals surface area contributed by atoms with Crippen molar-refractivity contribution in [1.29, 1.82) is 0 Å². The van der Waals surface area contributed by atoms with E-state index in [-0.39, 0.29) is 12.2 Å². The molecular formula is C13H22N2O4. The smallest absolute Gasteiger partial charge is 0.309 e. The lowest BCUT2D eigenvalue weighted by Crippen LogP contribution is -2.43. The van der Waals surface area contributed by atoms with Crippen molar-refractivity contribution in [1.82, 2.24) is 10.6 Å². The molecule has 0 aromatic heterocycles. The van der Waals surface area contributed by atoms with Gasteiger partial charge in [0.05, 0.1) is 12.2 Å². The maximum Gasteiger partial charge on any atom is 0.309 e. The molecule has 0 aromatic rings. The summed E-state index contributed by atoms with van der Waals surface area (Å²) >= 11 is 0. The SMILES string of the molecule is O=C(NCCC(O)C1CC1)C(=O)NCC1CCCO1. The van der Waals surface area contributed by atoms with Crippen molar-refractivity contribution < 1.29 is 19.4 Å². The Morgan fingerprint density at radius 3 is 2.58 bits per heavy atom. The van der Waals surface area contributed by atoms with Gasteiger partial charge in [0.25, 0.3) is 0 Å². The average Bonchev–Trinajstić information content (AvgIpc) is 3.13. The van der Waals surface area contributed by atoms with E-state index in [1.807, 2.05) is 0 Å². The fraction of sp³-hybridized carbons (Fsp3) is 0.846. The number of rotatable bonds is 6. The van der Waals surface area contributed by atoms with Gasteiger partial charge in [0.1, 0.15) is 0 Å². The van der Waals surface area contributed by atoms with Crippen LogP contribution in [-0.4, -0.2) is 48.8 Å². The highest BCUT2D eigenvalue weighted by Gasteiger charge is 2.29. The van der Waals surface area contributed by atoms with E-state index in [0.29, 0.717) is 25.4 Å². The first-order valence-electron chi connectivity index (χ1n) is 7.02. The van der Waals surface area contributed by atoms with Gasteiger partial charge in [0, 0.05) is 19.7 Å². The van der Waals surface area contributed by atoms with E-state index in [9.17, 15) is 14.7 Å². The zero-order valence-corrected chi connectivity index (χ0v) is 11.1. The molecule has 2 atom stereocenters. The summed E-state index contributed by atoms with van der Waals surface area (Å²) in [5, 5.41) is 14.7. The molecule has 3 N–H and O–H groups in total. The molecule has 1 aliphatic heterocycles. The highest BCUT2D eigenvalue weighted by atomic mass is 16.5. The normalized spacial score (nSPS) is 23.9. The highest BCUT2D eigenvalue weighted by molar-refractivity contribution is 6.35. The summed E-state index contributed by atoms with van der Waals surface area (Å²) in [6, 6.07) is 0. The largest absolute Gasteiger partial charge is 0.393 e. The Morgan fingerprint density at radius 2 is 1.95 bits per heavy atom. The lowest BCUT2D eigenvalue weighted by molar-refractivity contribution is -0.139. The summed E-state index contributed by atoms with van der Waals surface area (Å²) in [6.45, 7) is 1.45. The Morgan fingerprint density at radius 1 is 1.21 bits per heavy atom. The molecule has 2 aliphatic rings. The van der Waals surface area contributed by atoms with Gasteiger partial charge >= 0.3 is 11.8 Å². The topological polar surface area (TPSA) is 87.7 Å². The second kappa shape index (κ2) is 6.86. The number of nitrogens with one attached hydrogen (secondary N) is 2. The van der Waals surface area contributed by atoms with Gasteiger partial charge in [-0.2, -0.15) is 0 Å². The molecule has 19 heavy (non-hydrogen) atoms. The van der Waals surface area contributed by atoms with Gasteiger partial charge in [-0.25, -0.2) is 0 Å². The molecular weight excluding hydrogens is 248 g/mol. The van der Waals surface area contributed by atoms with Gasteiger partial charge in [-0.3, -0.25) is 9.59 Å². The molecule has 2 unspecified atom stereocenters. The van der Waals surface area contributed by atoms with E-state index < -0.39 is 11.8 Å². The van der Waals surface area contributed by atoms with Crippen LogP contribution < -0.4 is 10.6 Å². The van der Waals surface area contributed by atoms with Crippen LogP contribution in [0, 0.1) is 5.92 Å². The maximum atomic E-state index is 11.5. The van der Waals surface area contributed by atoms with Gasteiger partial charge in [0.15, 0.2) is 0 Å². The van der Waals surface area contributed by atoms with Crippen molar-refractivity contribution in [2.24, 2.45) is 5.92 Å². The zero-order valence-electron chi connectivity index (χ0n) is 11.1. The van der Waals surface area contributed by atoms with Crippen LogP contribution in [0.15, 0.2) is 0 Å². The summed E-state index contributed by atoms with van der Waals surface area (Å²) in [4.78, 5) is 22.9. The molecule has 1 saturated carbocycles. The number of hydrogen-bond donors (Lipinski definition) is 3. The minimum absolute atomic E-state index is 0.0356. The molecule has 1 saturated heterocycles. The molecule has 1 aliphatic carbocycles. The molecule has 2 rings (SSSR count). The number of amides is 2. The van der Waals surface area contributed by atoms with Gasteiger partial charge < -0.3 is 20.5 Å². The number of aliphatic hydroxyl groups excluding tert-OH is 1. The van der Waals surface area contributed by atoms with E-state index in [1.54, 1.807) is 0 Å². The molecule has 6 heteroatoms. The number of carbonyl (C=O) groups is 2. The van der Waals surface area contributed by atoms with Crippen molar-refractivity contribution in [3.8, 4) is 0 Å². The van der Waals surface area contributed by atoms with E-state index >= 15 is 0 Å². The number of carbonyl (C=O) groups excluding carboxylic acids is 2. The zero-order chi connectivity index (χ0) is 13.7. The van der Waals surface area contributed by atoms with Crippen molar-refractivity contribution in [2.45, 2.75) is 44.3 Å². The van der Waals surface area contributed by atoms with Crippen molar-refractivity contribution in [2.75, 3.05) is 19.7 Å². The number of aliphatic hydroxyl groups is 1.